The predicted octanol–water partition coefficient (Wildman–Crippen LogP) is 4.02. The number of aromatic nitrogens is 2. The topological polar surface area (TPSA) is 25.8 Å². The molecule has 0 radical (unpaired) electrons. The van der Waals surface area contributed by atoms with Gasteiger partial charge in [0.25, 0.3) is 0 Å². The van der Waals surface area contributed by atoms with Crippen molar-refractivity contribution in [2.45, 2.75) is 6.18 Å². The van der Waals surface area contributed by atoms with E-state index in [1.54, 1.807) is 0 Å². The molecule has 0 aliphatic carbocycles. The molecule has 0 amide bonds. The van der Waals surface area contributed by atoms with Crippen molar-refractivity contribution in [2.75, 3.05) is 0 Å². The normalized spacial score (nSPS) is 12.3. The summed E-state index contributed by atoms with van der Waals surface area (Å²) >= 11 is 11.9. The summed E-state index contributed by atoms with van der Waals surface area (Å²) in [6, 6.07) is 0. The Bertz CT molecular complexity index is 523. The molecule has 80 valence electrons. The van der Waals surface area contributed by atoms with Gasteiger partial charge in [-0.25, -0.2) is 9.97 Å². The van der Waals surface area contributed by atoms with Gasteiger partial charge in [-0.2, -0.15) is 13.2 Å². The van der Waals surface area contributed by atoms with Crippen molar-refractivity contribution in [1.29, 1.82) is 0 Å². The van der Waals surface area contributed by atoms with Gasteiger partial charge >= 0.3 is 6.18 Å². The van der Waals surface area contributed by atoms with Gasteiger partial charge in [0.1, 0.15) is 0 Å². The van der Waals surface area contributed by atoms with E-state index in [0.717, 1.165) is 16.7 Å². The number of alkyl halides is 3. The van der Waals surface area contributed by atoms with E-state index in [0.29, 0.717) is 0 Å². The molecule has 0 saturated heterocycles. The SMILES string of the molecule is FC(F)(F)c1csc2c(Cl)nc(Cl)nc12. The maximum atomic E-state index is 12.5. The summed E-state index contributed by atoms with van der Waals surface area (Å²) in [4.78, 5) is 7.08. The molecule has 2 heterocycles. The molecule has 2 nitrogen and oxygen atoms in total. The second-order valence-corrected chi connectivity index (χ2v) is 4.18. The first-order valence-electron chi connectivity index (χ1n) is 3.57. The van der Waals surface area contributed by atoms with Crippen LogP contribution in [-0.2, 0) is 6.18 Å². The molecule has 0 atom stereocenters. The van der Waals surface area contributed by atoms with Crippen LogP contribution in [0.2, 0.25) is 10.4 Å². The molecule has 0 spiro atoms. The number of nitrogens with zero attached hydrogens (tertiary/aromatic N) is 2. The van der Waals surface area contributed by atoms with Crippen molar-refractivity contribution in [3.05, 3.63) is 21.4 Å². The maximum absolute atomic E-state index is 12.5. The Morgan fingerprint density at radius 1 is 1.20 bits per heavy atom. The Morgan fingerprint density at radius 3 is 2.47 bits per heavy atom. The zero-order chi connectivity index (χ0) is 11.2. The summed E-state index contributed by atoms with van der Waals surface area (Å²) in [6.07, 6.45) is -4.46. The van der Waals surface area contributed by atoms with Gasteiger partial charge in [0.05, 0.1) is 15.8 Å². The van der Waals surface area contributed by atoms with Crippen LogP contribution < -0.4 is 0 Å². The molecular weight excluding hydrogens is 272 g/mol. The lowest BCUT2D eigenvalue weighted by molar-refractivity contribution is -0.136. The van der Waals surface area contributed by atoms with Gasteiger partial charge in [0, 0.05) is 5.38 Å². The van der Waals surface area contributed by atoms with E-state index in [4.69, 9.17) is 23.2 Å². The third kappa shape index (κ3) is 1.89. The molecule has 0 N–H and O–H groups in total. The van der Waals surface area contributed by atoms with Gasteiger partial charge in [-0.05, 0) is 11.6 Å². The lowest BCUT2D eigenvalue weighted by Crippen LogP contribution is -2.04. The van der Waals surface area contributed by atoms with E-state index in [9.17, 15) is 13.2 Å². The quantitative estimate of drug-likeness (QED) is 0.535. The van der Waals surface area contributed by atoms with Crippen molar-refractivity contribution >= 4 is 44.8 Å². The minimum Gasteiger partial charge on any atom is -0.216 e. The molecule has 0 aromatic carbocycles. The monoisotopic (exact) mass is 272 g/mol. The van der Waals surface area contributed by atoms with Crippen LogP contribution in [0.4, 0.5) is 13.2 Å². The van der Waals surface area contributed by atoms with Gasteiger partial charge in [-0.1, -0.05) is 11.6 Å². The lowest BCUT2D eigenvalue weighted by atomic mass is 10.3. The van der Waals surface area contributed by atoms with Crippen LogP contribution in [0.3, 0.4) is 0 Å². The number of rotatable bonds is 0. The van der Waals surface area contributed by atoms with Crippen LogP contribution in [0, 0.1) is 0 Å². The molecule has 0 saturated carbocycles. The summed E-state index contributed by atoms with van der Waals surface area (Å²) in [5, 5.41) is 0.587. The van der Waals surface area contributed by atoms with Crippen LogP contribution in [0.1, 0.15) is 5.56 Å². The minimum absolute atomic E-state index is 0.0644. The number of hydrogen-bond donors (Lipinski definition) is 0. The average Bonchev–Trinajstić information content (AvgIpc) is 2.45. The fraction of sp³-hybridized carbons (Fsp3) is 0.143. The summed E-state index contributed by atoms with van der Waals surface area (Å²) in [6.45, 7) is 0. The van der Waals surface area contributed by atoms with E-state index in [-0.39, 0.29) is 20.7 Å². The Labute approximate surface area is 95.7 Å². The van der Waals surface area contributed by atoms with E-state index in [2.05, 4.69) is 9.97 Å². The summed E-state index contributed by atoms with van der Waals surface area (Å²) < 4.78 is 37.6. The first kappa shape index (κ1) is 10.9. The number of thiophene rings is 1. The van der Waals surface area contributed by atoms with Crippen LogP contribution in [0.25, 0.3) is 10.2 Å². The second-order valence-electron chi connectivity index (χ2n) is 2.61. The van der Waals surface area contributed by atoms with Crippen LogP contribution in [-0.4, -0.2) is 9.97 Å². The largest absolute Gasteiger partial charge is 0.419 e. The Kier molecular flexibility index (Phi) is 2.52. The van der Waals surface area contributed by atoms with Gasteiger partial charge in [-0.3, -0.25) is 0 Å². The molecule has 0 unspecified atom stereocenters. The second kappa shape index (κ2) is 3.47. The first-order valence-corrected chi connectivity index (χ1v) is 5.20. The average molecular weight is 273 g/mol. The smallest absolute Gasteiger partial charge is 0.216 e. The predicted molar refractivity (Wildman–Crippen MR) is 52.4 cm³/mol. The van der Waals surface area contributed by atoms with Gasteiger partial charge in [-0.15, -0.1) is 11.3 Å². The molecule has 2 aromatic rings. The highest BCUT2D eigenvalue weighted by molar-refractivity contribution is 7.18. The van der Waals surface area contributed by atoms with E-state index in [1.165, 1.54) is 0 Å². The van der Waals surface area contributed by atoms with Gasteiger partial charge in [0.15, 0.2) is 5.15 Å². The van der Waals surface area contributed by atoms with E-state index >= 15 is 0 Å². The van der Waals surface area contributed by atoms with Gasteiger partial charge < -0.3 is 0 Å². The lowest BCUT2D eigenvalue weighted by Gasteiger charge is -2.03. The zero-order valence-corrected chi connectivity index (χ0v) is 9.10. The standard InChI is InChI=1S/C7HCl2F3N2S/c8-5-4-3(13-6(9)14-5)2(1-15-4)7(10,11)12/h1H. The third-order valence-corrected chi connectivity index (χ3v) is 3.18. The first-order chi connectivity index (χ1) is 6.89. The molecule has 0 fully saturated rings. The fourth-order valence-electron chi connectivity index (χ4n) is 1.06. The molecule has 0 aliphatic rings. The molecule has 0 bridgehead atoms. The molecule has 8 heteroatoms. The van der Waals surface area contributed by atoms with Crippen molar-refractivity contribution in [1.82, 2.24) is 9.97 Å². The third-order valence-electron chi connectivity index (χ3n) is 1.65. The zero-order valence-electron chi connectivity index (χ0n) is 6.77. The Morgan fingerprint density at radius 2 is 1.87 bits per heavy atom. The summed E-state index contributed by atoms with van der Waals surface area (Å²) in [5.41, 5.74) is -1.09. The molecule has 0 aliphatic heterocycles. The molecular formula is C7HCl2F3N2S. The van der Waals surface area contributed by atoms with Crippen molar-refractivity contribution in [3.8, 4) is 0 Å². The van der Waals surface area contributed by atoms with Crippen LogP contribution >= 0.6 is 34.5 Å². The number of fused-ring (bicyclic) bond motifs is 1. The maximum Gasteiger partial charge on any atom is 0.419 e. The van der Waals surface area contributed by atoms with Crippen molar-refractivity contribution in [2.24, 2.45) is 0 Å². The highest BCUT2D eigenvalue weighted by atomic mass is 35.5. The Balaban J connectivity index is 2.80. The van der Waals surface area contributed by atoms with Crippen LogP contribution in [0.15, 0.2) is 5.38 Å². The van der Waals surface area contributed by atoms with Crippen molar-refractivity contribution in [3.63, 3.8) is 0 Å². The fourth-order valence-corrected chi connectivity index (χ4v) is 2.47. The minimum atomic E-state index is -4.46. The molecule has 2 rings (SSSR count). The van der Waals surface area contributed by atoms with Crippen molar-refractivity contribution < 1.29 is 13.2 Å². The molecule has 2 aromatic heterocycles. The Hall–Kier alpha value is -0.590. The number of hydrogen-bond acceptors (Lipinski definition) is 3. The summed E-state index contributed by atoms with van der Waals surface area (Å²) in [7, 11) is 0. The number of halogens is 5. The highest BCUT2D eigenvalue weighted by Gasteiger charge is 2.35. The summed E-state index contributed by atoms with van der Waals surface area (Å²) in [5.74, 6) is 0. The highest BCUT2D eigenvalue weighted by Crippen LogP contribution is 2.39. The van der Waals surface area contributed by atoms with E-state index in [1.807, 2.05) is 0 Å². The van der Waals surface area contributed by atoms with E-state index < -0.39 is 11.7 Å². The van der Waals surface area contributed by atoms with Crippen LogP contribution in [0.5, 0.6) is 0 Å². The molecule has 15 heavy (non-hydrogen) atoms. The van der Waals surface area contributed by atoms with Gasteiger partial charge in [0.2, 0.25) is 5.28 Å².